The molecule has 0 amide bonds. The molecule has 6 heteroatoms. The van der Waals surface area contributed by atoms with E-state index in [0.29, 0.717) is 6.42 Å². The van der Waals surface area contributed by atoms with Crippen LogP contribution >= 0.6 is 7.60 Å². The van der Waals surface area contributed by atoms with E-state index in [0.717, 1.165) is 11.3 Å². The lowest BCUT2D eigenvalue weighted by molar-refractivity contribution is 0.243. The fraction of sp³-hybridized carbons (Fsp3) is 0.500. The first-order valence-electron chi connectivity index (χ1n) is 7.34. The van der Waals surface area contributed by atoms with E-state index in [4.69, 9.17) is 13.8 Å². The molecule has 4 atom stereocenters. The van der Waals surface area contributed by atoms with Gasteiger partial charge in [0, 0.05) is 20.3 Å². The SMILES string of the molecule is COc1ccc([C@H]2N3[C@H](C)C=CC[C@]23P(=O)(OC)OC)cc1. The summed E-state index contributed by atoms with van der Waals surface area (Å²) in [5.74, 6) is 0.810. The van der Waals surface area contributed by atoms with Gasteiger partial charge in [0.2, 0.25) is 0 Å². The van der Waals surface area contributed by atoms with E-state index in [9.17, 15) is 4.57 Å². The van der Waals surface area contributed by atoms with Gasteiger partial charge >= 0.3 is 7.60 Å². The second-order valence-corrected chi connectivity index (χ2v) is 8.20. The molecular weight excluding hydrogens is 301 g/mol. The van der Waals surface area contributed by atoms with Crippen LogP contribution in [0, 0.1) is 0 Å². The third-order valence-electron chi connectivity index (χ3n) is 4.75. The maximum atomic E-state index is 13.2. The summed E-state index contributed by atoms with van der Waals surface area (Å²) in [5.41, 5.74) is 1.10. The van der Waals surface area contributed by atoms with Crippen molar-refractivity contribution in [1.82, 2.24) is 4.90 Å². The Balaban J connectivity index is 2.02. The molecule has 0 aromatic heterocycles. The third kappa shape index (κ3) is 2.00. The molecule has 0 bridgehead atoms. The highest BCUT2D eigenvalue weighted by atomic mass is 31.2. The van der Waals surface area contributed by atoms with Crippen molar-refractivity contribution < 1.29 is 18.3 Å². The highest BCUT2D eigenvalue weighted by Crippen LogP contribution is 2.78. The van der Waals surface area contributed by atoms with E-state index in [1.807, 2.05) is 24.3 Å². The molecule has 2 aliphatic heterocycles. The second-order valence-electron chi connectivity index (χ2n) is 5.70. The van der Waals surface area contributed by atoms with Crippen LogP contribution < -0.4 is 4.74 Å². The van der Waals surface area contributed by atoms with Crippen molar-refractivity contribution >= 4 is 7.60 Å². The summed E-state index contributed by atoms with van der Waals surface area (Å²) in [6.07, 6.45) is 4.87. The van der Waals surface area contributed by atoms with Crippen LogP contribution in [0.3, 0.4) is 0 Å². The van der Waals surface area contributed by atoms with Crippen LogP contribution in [0.15, 0.2) is 36.4 Å². The van der Waals surface area contributed by atoms with Crippen LogP contribution in [0.4, 0.5) is 0 Å². The minimum Gasteiger partial charge on any atom is -0.497 e. The molecule has 5 nitrogen and oxygen atoms in total. The zero-order chi connectivity index (χ0) is 16.0. The average Bonchev–Trinajstić information content (AvgIpc) is 3.26. The van der Waals surface area contributed by atoms with E-state index >= 15 is 0 Å². The zero-order valence-electron chi connectivity index (χ0n) is 13.4. The molecule has 0 N–H and O–H groups in total. The Morgan fingerprint density at radius 1 is 1.18 bits per heavy atom. The molecule has 120 valence electrons. The first-order chi connectivity index (χ1) is 10.5. The Labute approximate surface area is 131 Å². The largest absolute Gasteiger partial charge is 0.497 e. The topological polar surface area (TPSA) is 47.8 Å². The summed E-state index contributed by atoms with van der Waals surface area (Å²) in [6, 6.07) is 8.11. The van der Waals surface area contributed by atoms with E-state index in [1.165, 1.54) is 14.2 Å². The summed E-state index contributed by atoms with van der Waals surface area (Å²) in [5, 5.41) is -0.598. The lowest BCUT2D eigenvalue weighted by Gasteiger charge is -2.28. The van der Waals surface area contributed by atoms with Crippen molar-refractivity contribution in [2.24, 2.45) is 0 Å². The molecule has 2 aliphatic rings. The number of nitrogens with zero attached hydrogens (tertiary/aromatic N) is 1. The number of fused-ring (bicyclic) bond motifs is 1. The molecule has 1 aromatic carbocycles. The Bertz CT molecular complexity index is 622. The predicted molar refractivity (Wildman–Crippen MR) is 85.1 cm³/mol. The first-order valence-corrected chi connectivity index (χ1v) is 8.89. The highest BCUT2D eigenvalue weighted by Gasteiger charge is 2.75. The van der Waals surface area contributed by atoms with Gasteiger partial charge in [-0.05, 0) is 31.0 Å². The Hall–Kier alpha value is -1.13. The van der Waals surface area contributed by atoms with Crippen LogP contribution in [0.1, 0.15) is 24.9 Å². The Kier molecular flexibility index (Phi) is 3.94. The normalized spacial score (nSPS) is 33.4. The maximum Gasteiger partial charge on any atom is 0.352 e. The van der Waals surface area contributed by atoms with Gasteiger partial charge in [-0.25, -0.2) is 0 Å². The number of benzene rings is 1. The minimum atomic E-state index is -3.23. The number of methoxy groups -OCH3 is 1. The van der Waals surface area contributed by atoms with Crippen molar-refractivity contribution in [2.75, 3.05) is 21.3 Å². The van der Waals surface area contributed by atoms with Crippen LogP contribution in [-0.2, 0) is 13.6 Å². The third-order valence-corrected chi connectivity index (χ3v) is 7.32. The van der Waals surface area contributed by atoms with Gasteiger partial charge in [-0.2, -0.15) is 0 Å². The molecule has 3 rings (SSSR count). The zero-order valence-corrected chi connectivity index (χ0v) is 14.2. The second kappa shape index (κ2) is 5.50. The number of hydrogen-bond acceptors (Lipinski definition) is 5. The lowest BCUT2D eigenvalue weighted by Crippen LogP contribution is -2.28. The predicted octanol–water partition coefficient (Wildman–Crippen LogP) is 3.58. The van der Waals surface area contributed by atoms with Crippen LogP contribution in [0.5, 0.6) is 5.75 Å². The van der Waals surface area contributed by atoms with Gasteiger partial charge in [0.1, 0.15) is 11.0 Å². The molecule has 0 radical (unpaired) electrons. The van der Waals surface area contributed by atoms with Crippen molar-refractivity contribution in [3.05, 3.63) is 42.0 Å². The van der Waals surface area contributed by atoms with Gasteiger partial charge in [-0.3, -0.25) is 9.46 Å². The van der Waals surface area contributed by atoms with Gasteiger partial charge in [0.25, 0.3) is 0 Å². The summed E-state index contributed by atoms with van der Waals surface area (Å²) < 4.78 is 29.1. The summed E-state index contributed by atoms with van der Waals surface area (Å²) in [4.78, 5) is 2.22. The van der Waals surface area contributed by atoms with E-state index in [1.54, 1.807) is 7.11 Å². The van der Waals surface area contributed by atoms with Crippen molar-refractivity contribution in [3.8, 4) is 5.75 Å². The fourth-order valence-electron chi connectivity index (χ4n) is 3.69. The quantitative estimate of drug-likeness (QED) is 0.471. The van der Waals surface area contributed by atoms with Gasteiger partial charge < -0.3 is 13.8 Å². The molecule has 0 aliphatic carbocycles. The number of ether oxygens (including phenoxy) is 1. The minimum absolute atomic E-state index is 0.0224. The maximum absolute atomic E-state index is 13.2. The summed E-state index contributed by atoms with van der Waals surface area (Å²) in [6.45, 7) is 2.10. The Morgan fingerprint density at radius 2 is 1.82 bits per heavy atom. The highest BCUT2D eigenvalue weighted by molar-refractivity contribution is 7.56. The first kappa shape index (κ1) is 15.8. The van der Waals surface area contributed by atoms with Crippen molar-refractivity contribution in [1.29, 1.82) is 0 Å². The molecule has 1 saturated heterocycles. The van der Waals surface area contributed by atoms with Gasteiger partial charge in [-0.15, -0.1) is 0 Å². The molecule has 1 fully saturated rings. The monoisotopic (exact) mass is 323 g/mol. The van der Waals surface area contributed by atoms with Gasteiger partial charge in [0.15, 0.2) is 0 Å². The smallest absolute Gasteiger partial charge is 0.352 e. The number of hydrogen-bond donors (Lipinski definition) is 0. The Morgan fingerprint density at radius 3 is 2.36 bits per heavy atom. The molecule has 1 unspecified atom stereocenters. The van der Waals surface area contributed by atoms with E-state index in [2.05, 4.69) is 24.0 Å². The summed E-state index contributed by atoms with van der Waals surface area (Å²) >= 11 is 0. The lowest BCUT2D eigenvalue weighted by atomic mass is 10.1. The van der Waals surface area contributed by atoms with Gasteiger partial charge in [-0.1, -0.05) is 24.3 Å². The van der Waals surface area contributed by atoms with E-state index < -0.39 is 12.9 Å². The standard InChI is InChI=1S/C16H22NO4P/c1-12-6-5-11-16(22(18,20-3)21-4)15(17(12)16)13-7-9-14(19-2)10-8-13/h5-10,12,15H,11H2,1-4H3/t12-,15-,16+,17?/m1/s1. The average molecular weight is 323 g/mol. The van der Waals surface area contributed by atoms with Crippen LogP contribution in [-0.4, -0.2) is 37.6 Å². The number of rotatable bonds is 5. The van der Waals surface area contributed by atoms with Crippen LogP contribution in [0.25, 0.3) is 0 Å². The summed E-state index contributed by atoms with van der Waals surface area (Å²) in [7, 11) is 1.34. The molecular formula is C16H22NO4P. The molecule has 0 spiro atoms. The molecule has 1 aromatic rings. The van der Waals surface area contributed by atoms with E-state index in [-0.39, 0.29) is 12.1 Å². The molecule has 22 heavy (non-hydrogen) atoms. The van der Waals surface area contributed by atoms with Crippen molar-refractivity contribution in [2.45, 2.75) is 30.7 Å². The van der Waals surface area contributed by atoms with Gasteiger partial charge in [0.05, 0.1) is 13.2 Å². The van der Waals surface area contributed by atoms with Crippen LogP contribution in [0.2, 0.25) is 0 Å². The van der Waals surface area contributed by atoms with Crippen molar-refractivity contribution in [3.63, 3.8) is 0 Å². The molecule has 0 saturated carbocycles. The fourth-order valence-corrected chi connectivity index (χ4v) is 5.89. The molecule has 2 heterocycles.